The van der Waals surface area contributed by atoms with Crippen LogP contribution in [0.2, 0.25) is 0 Å². The molecule has 1 aromatic carbocycles. The molecule has 4 heteroatoms. The number of rotatable bonds is 3. The number of nitrogens with zero attached hydrogens (tertiary/aromatic N) is 1. The van der Waals surface area contributed by atoms with Crippen LogP contribution in [0.15, 0.2) is 36.4 Å². The summed E-state index contributed by atoms with van der Waals surface area (Å²) < 4.78 is 0. The van der Waals surface area contributed by atoms with E-state index in [-0.39, 0.29) is 17.9 Å². The van der Waals surface area contributed by atoms with Crippen LogP contribution in [0.25, 0.3) is 6.08 Å². The van der Waals surface area contributed by atoms with Crippen LogP contribution >= 0.6 is 0 Å². The monoisotopic (exact) mass is 258 g/mol. The SMILES string of the molecule is CCC1C(=O)NCCN1C(=O)C=Cc1ccccc1. The predicted molar refractivity (Wildman–Crippen MR) is 74.3 cm³/mol. The van der Waals surface area contributed by atoms with Crippen molar-refractivity contribution in [2.45, 2.75) is 19.4 Å². The van der Waals surface area contributed by atoms with Crippen molar-refractivity contribution in [1.82, 2.24) is 10.2 Å². The van der Waals surface area contributed by atoms with Gasteiger partial charge in [0.1, 0.15) is 6.04 Å². The lowest BCUT2D eigenvalue weighted by atomic mass is 10.1. The number of amides is 2. The summed E-state index contributed by atoms with van der Waals surface area (Å²) in [5.74, 6) is -0.166. The summed E-state index contributed by atoms with van der Waals surface area (Å²) >= 11 is 0. The van der Waals surface area contributed by atoms with Crippen LogP contribution in [0.4, 0.5) is 0 Å². The molecule has 2 rings (SSSR count). The maximum atomic E-state index is 12.1. The van der Waals surface area contributed by atoms with Gasteiger partial charge in [-0.3, -0.25) is 9.59 Å². The number of hydrogen-bond acceptors (Lipinski definition) is 2. The number of nitrogens with one attached hydrogen (secondary N) is 1. The van der Waals surface area contributed by atoms with Crippen molar-refractivity contribution < 1.29 is 9.59 Å². The van der Waals surface area contributed by atoms with E-state index in [1.54, 1.807) is 11.0 Å². The molecule has 1 aliphatic rings. The third-order valence-corrected chi connectivity index (χ3v) is 3.22. The molecule has 1 unspecified atom stereocenters. The Labute approximate surface area is 113 Å². The van der Waals surface area contributed by atoms with E-state index in [2.05, 4.69) is 5.32 Å². The zero-order valence-electron chi connectivity index (χ0n) is 11.0. The minimum absolute atomic E-state index is 0.0600. The Kier molecular flexibility index (Phi) is 4.34. The first-order chi connectivity index (χ1) is 9.22. The van der Waals surface area contributed by atoms with Gasteiger partial charge in [0.25, 0.3) is 0 Å². The number of benzene rings is 1. The van der Waals surface area contributed by atoms with E-state index in [4.69, 9.17) is 0 Å². The lowest BCUT2D eigenvalue weighted by Gasteiger charge is -2.33. The van der Waals surface area contributed by atoms with Gasteiger partial charge in [0.2, 0.25) is 11.8 Å². The summed E-state index contributed by atoms with van der Waals surface area (Å²) in [5, 5.41) is 2.78. The molecule has 1 saturated heterocycles. The van der Waals surface area contributed by atoms with E-state index >= 15 is 0 Å². The van der Waals surface area contributed by atoms with Crippen LogP contribution in [-0.2, 0) is 9.59 Å². The molecule has 100 valence electrons. The smallest absolute Gasteiger partial charge is 0.247 e. The van der Waals surface area contributed by atoms with E-state index in [1.807, 2.05) is 37.3 Å². The molecule has 0 spiro atoms. The molecule has 2 amide bonds. The number of piperazine rings is 1. The quantitative estimate of drug-likeness (QED) is 0.834. The van der Waals surface area contributed by atoms with Gasteiger partial charge in [-0.25, -0.2) is 0 Å². The van der Waals surface area contributed by atoms with E-state index < -0.39 is 0 Å². The van der Waals surface area contributed by atoms with E-state index in [0.29, 0.717) is 19.5 Å². The average molecular weight is 258 g/mol. The molecule has 0 aliphatic carbocycles. The second-order valence-corrected chi connectivity index (χ2v) is 4.49. The van der Waals surface area contributed by atoms with Crippen molar-refractivity contribution >= 4 is 17.9 Å². The third-order valence-electron chi connectivity index (χ3n) is 3.22. The standard InChI is InChI=1S/C15H18N2O2/c1-2-13-15(19)16-10-11-17(13)14(18)9-8-12-6-4-3-5-7-12/h3-9,13H,2,10-11H2,1H3,(H,16,19). The Morgan fingerprint density at radius 2 is 2.16 bits per heavy atom. The van der Waals surface area contributed by atoms with Gasteiger partial charge in [-0.2, -0.15) is 0 Å². The Bertz CT molecular complexity index is 482. The summed E-state index contributed by atoms with van der Waals surface area (Å²) in [5.41, 5.74) is 0.977. The van der Waals surface area contributed by atoms with E-state index in [0.717, 1.165) is 5.56 Å². The van der Waals surface area contributed by atoms with Crippen molar-refractivity contribution in [3.8, 4) is 0 Å². The summed E-state index contributed by atoms with van der Waals surface area (Å²) in [6.07, 6.45) is 3.95. The van der Waals surface area contributed by atoms with Gasteiger partial charge < -0.3 is 10.2 Å². The molecule has 19 heavy (non-hydrogen) atoms. The molecule has 0 aromatic heterocycles. The van der Waals surface area contributed by atoms with Crippen LogP contribution in [0.3, 0.4) is 0 Å². The van der Waals surface area contributed by atoms with Gasteiger partial charge in [-0.1, -0.05) is 37.3 Å². The van der Waals surface area contributed by atoms with Gasteiger partial charge in [0, 0.05) is 19.2 Å². The molecule has 4 nitrogen and oxygen atoms in total. The zero-order chi connectivity index (χ0) is 13.7. The van der Waals surface area contributed by atoms with Crippen molar-refractivity contribution in [2.24, 2.45) is 0 Å². The first-order valence-electron chi connectivity index (χ1n) is 6.54. The van der Waals surface area contributed by atoms with Crippen LogP contribution < -0.4 is 5.32 Å². The fourth-order valence-corrected chi connectivity index (χ4v) is 2.21. The fraction of sp³-hybridized carbons (Fsp3) is 0.333. The Hall–Kier alpha value is -2.10. The van der Waals surface area contributed by atoms with Crippen LogP contribution in [0.5, 0.6) is 0 Å². The van der Waals surface area contributed by atoms with Gasteiger partial charge in [-0.05, 0) is 18.1 Å². The molecule has 1 atom stereocenters. The van der Waals surface area contributed by atoms with Crippen molar-refractivity contribution in [3.05, 3.63) is 42.0 Å². The summed E-state index contributed by atoms with van der Waals surface area (Å²) in [6.45, 7) is 3.01. The second-order valence-electron chi connectivity index (χ2n) is 4.49. The lowest BCUT2D eigenvalue weighted by Crippen LogP contribution is -2.56. The summed E-state index contributed by atoms with van der Waals surface area (Å²) in [4.78, 5) is 25.5. The molecule has 1 heterocycles. The molecular weight excluding hydrogens is 240 g/mol. The molecule has 1 aliphatic heterocycles. The minimum Gasteiger partial charge on any atom is -0.353 e. The van der Waals surface area contributed by atoms with Gasteiger partial charge in [0.05, 0.1) is 0 Å². The summed E-state index contributed by atoms with van der Waals surface area (Å²) in [7, 11) is 0. The largest absolute Gasteiger partial charge is 0.353 e. The van der Waals surface area contributed by atoms with Crippen molar-refractivity contribution in [1.29, 1.82) is 0 Å². The highest BCUT2D eigenvalue weighted by Gasteiger charge is 2.30. The van der Waals surface area contributed by atoms with Crippen LogP contribution in [-0.4, -0.2) is 35.8 Å². The Morgan fingerprint density at radius 3 is 2.84 bits per heavy atom. The first-order valence-corrected chi connectivity index (χ1v) is 6.54. The predicted octanol–water partition coefficient (Wildman–Crippen LogP) is 1.44. The maximum absolute atomic E-state index is 12.1. The zero-order valence-corrected chi connectivity index (χ0v) is 11.0. The van der Waals surface area contributed by atoms with E-state index in [1.165, 1.54) is 6.08 Å². The maximum Gasteiger partial charge on any atom is 0.247 e. The molecule has 0 saturated carbocycles. The highest BCUT2D eigenvalue weighted by atomic mass is 16.2. The Balaban J connectivity index is 2.06. The first kappa shape index (κ1) is 13.3. The second kappa shape index (κ2) is 6.18. The van der Waals surface area contributed by atoms with Crippen molar-refractivity contribution in [3.63, 3.8) is 0 Å². The highest BCUT2D eigenvalue weighted by molar-refractivity contribution is 5.96. The molecule has 1 N–H and O–H groups in total. The van der Waals surface area contributed by atoms with E-state index in [9.17, 15) is 9.59 Å². The van der Waals surface area contributed by atoms with Crippen LogP contribution in [0, 0.1) is 0 Å². The number of hydrogen-bond donors (Lipinski definition) is 1. The normalized spacial score (nSPS) is 19.5. The molecule has 0 bridgehead atoms. The summed E-state index contributed by atoms with van der Waals surface area (Å²) in [6, 6.07) is 9.30. The van der Waals surface area contributed by atoms with Gasteiger partial charge in [-0.15, -0.1) is 0 Å². The Morgan fingerprint density at radius 1 is 1.42 bits per heavy atom. The fourth-order valence-electron chi connectivity index (χ4n) is 2.21. The lowest BCUT2D eigenvalue weighted by molar-refractivity contribution is -0.140. The number of carbonyl (C=O) groups is 2. The molecule has 0 radical (unpaired) electrons. The third kappa shape index (κ3) is 3.22. The van der Waals surface area contributed by atoms with Gasteiger partial charge >= 0.3 is 0 Å². The van der Waals surface area contributed by atoms with Crippen LogP contribution in [0.1, 0.15) is 18.9 Å². The molecular formula is C15H18N2O2. The highest BCUT2D eigenvalue weighted by Crippen LogP contribution is 2.10. The van der Waals surface area contributed by atoms with Gasteiger partial charge in [0.15, 0.2) is 0 Å². The minimum atomic E-state index is -0.346. The molecule has 1 aromatic rings. The average Bonchev–Trinajstić information content (AvgIpc) is 2.45. The molecule has 1 fully saturated rings. The van der Waals surface area contributed by atoms with Crippen molar-refractivity contribution in [2.75, 3.05) is 13.1 Å². The topological polar surface area (TPSA) is 49.4 Å². The number of carbonyl (C=O) groups excluding carboxylic acids is 2.